The smallest absolute Gasteiger partial charge is 0.389 e. The Morgan fingerprint density at radius 2 is 2.13 bits per heavy atom. The number of hydrogen-bond donors (Lipinski definition) is 2. The molecule has 0 fully saturated rings. The lowest BCUT2D eigenvalue weighted by molar-refractivity contribution is -0.134. The molecular weight excluding hydrogens is 547 g/mol. The van der Waals surface area contributed by atoms with Gasteiger partial charge in [0.1, 0.15) is 11.4 Å². The summed E-state index contributed by atoms with van der Waals surface area (Å²) >= 11 is -1.43. The molecule has 8 nitrogen and oxygen atoms in total. The second kappa shape index (κ2) is 13.8. The van der Waals surface area contributed by atoms with Gasteiger partial charge in [0, 0.05) is 31.3 Å². The van der Waals surface area contributed by atoms with Crippen LogP contribution in [0.15, 0.2) is 23.8 Å². The van der Waals surface area contributed by atoms with E-state index in [1.54, 1.807) is 6.08 Å². The van der Waals surface area contributed by atoms with E-state index in [0.29, 0.717) is 17.7 Å². The molecule has 0 saturated carbocycles. The highest BCUT2D eigenvalue weighted by molar-refractivity contribution is 7.91. The largest absolute Gasteiger partial charge is 0.616 e. The predicted molar refractivity (Wildman–Crippen MR) is 136 cm³/mol. The van der Waals surface area contributed by atoms with Crippen molar-refractivity contribution in [1.29, 1.82) is 0 Å². The standard InChI is InChI=1S/C25H33F5N4O4S/c1-3-5-16-12-15(8-9-25(28,29)30)6-7-17(16)18-13-19-21(23(36)31-18)22(32-20(35)14-39(2)37)34(33-19)10-4-11-38-24(26)27/h6-7,12,16-18,24H,3-5,8-11,13-14H2,1-2H3,(H,31,36)(H,32,35). The number of carbonyl (C=O) groups is 2. The summed E-state index contributed by atoms with van der Waals surface area (Å²) in [5.41, 5.74) is 1.16. The molecule has 2 aliphatic rings. The van der Waals surface area contributed by atoms with Crippen LogP contribution >= 0.6 is 0 Å². The first-order chi connectivity index (χ1) is 18.4. The Morgan fingerprint density at radius 3 is 2.77 bits per heavy atom. The quantitative estimate of drug-likeness (QED) is 0.205. The van der Waals surface area contributed by atoms with Crippen LogP contribution in [-0.2, 0) is 33.7 Å². The average Bonchev–Trinajstić information content (AvgIpc) is 3.17. The topological polar surface area (TPSA) is 108 Å². The number of hydrogen-bond acceptors (Lipinski definition) is 5. The molecule has 39 heavy (non-hydrogen) atoms. The van der Waals surface area contributed by atoms with Crippen LogP contribution in [0.25, 0.3) is 0 Å². The van der Waals surface area contributed by atoms with Crippen LogP contribution in [0.5, 0.6) is 0 Å². The summed E-state index contributed by atoms with van der Waals surface area (Å²) in [5, 5.41) is 10.0. The minimum absolute atomic E-state index is 0.0790. The summed E-state index contributed by atoms with van der Waals surface area (Å²) < 4.78 is 80.0. The van der Waals surface area contributed by atoms with Crippen LogP contribution in [-0.4, -0.2) is 63.6 Å². The van der Waals surface area contributed by atoms with Crippen molar-refractivity contribution in [2.24, 2.45) is 11.8 Å². The van der Waals surface area contributed by atoms with Crippen molar-refractivity contribution in [3.05, 3.63) is 35.1 Å². The highest BCUT2D eigenvalue weighted by atomic mass is 32.2. The monoisotopic (exact) mass is 580 g/mol. The van der Waals surface area contributed by atoms with Crippen molar-refractivity contribution in [2.75, 3.05) is 23.9 Å². The van der Waals surface area contributed by atoms with Crippen LogP contribution in [0.4, 0.5) is 27.8 Å². The van der Waals surface area contributed by atoms with Crippen LogP contribution in [0.2, 0.25) is 0 Å². The van der Waals surface area contributed by atoms with Gasteiger partial charge in [-0.15, -0.1) is 0 Å². The second-order valence-corrected chi connectivity index (χ2v) is 11.1. The predicted octanol–water partition coefficient (Wildman–Crippen LogP) is 4.36. The molecule has 1 aliphatic heterocycles. The van der Waals surface area contributed by atoms with Gasteiger partial charge in [-0.3, -0.25) is 9.59 Å². The van der Waals surface area contributed by atoms with Crippen molar-refractivity contribution in [3.8, 4) is 0 Å². The fourth-order valence-electron chi connectivity index (χ4n) is 4.97. The average molecular weight is 581 g/mol. The molecule has 1 aliphatic carbocycles. The maximum Gasteiger partial charge on any atom is 0.389 e. The van der Waals surface area contributed by atoms with Crippen LogP contribution in [0, 0.1) is 11.8 Å². The molecule has 14 heteroatoms. The van der Waals surface area contributed by atoms with E-state index in [1.165, 1.54) is 10.9 Å². The van der Waals surface area contributed by atoms with Gasteiger partial charge in [0.25, 0.3) is 11.8 Å². The van der Waals surface area contributed by atoms with Crippen LogP contribution < -0.4 is 10.6 Å². The van der Waals surface area contributed by atoms with Gasteiger partial charge in [0.2, 0.25) is 0 Å². The van der Waals surface area contributed by atoms with Gasteiger partial charge in [-0.1, -0.05) is 37.1 Å². The molecule has 0 aromatic carbocycles. The molecule has 1 aromatic rings. The molecule has 4 unspecified atom stereocenters. The number of aryl methyl sites for hydroxylation is 1. The molecule has 0 spiro atoms. The first-order valence-corrected chi connectivity index (χ1v) is 14.5. The number of allylic oxidation sites excluding steroid dienone is 3. The minimum Gasteiger partial charge on any atom is -0.616 e. The number of halogens is 5. The molecule has 2 heterocycles. The number of nitrogens with one attached hydrogen (secondary N) is 2. The Balaban J connectivity index is 1.82. The van der Waals surface area contributed by atoms with E-state index in [9.17, 15) is 36.1 Å². The minimum atomic E-state index is -4.25. The van der Waals surface area contributed by atoms with Crippen molar-refractivity contribution >= 4 is 28.8 Å². The summed E-state index contributed by atoms with van der Waals surface area (Å²) in [4.78, 5) is 25.6. The van der Waals surface area contributed by atoms with Crippen LogP contribution in [0.1, 0.15) is 55.1 Å². The summed E-state index contributed by atoms with van der Waals surface area (Å²) in [6, 6.07) is -0.393. The number of anilines is 1. The number of nitrogens with zero attached hydrogens (tertiary/aromatic N) is 2. The lowest BCUT2D eigenvalue weighted by Crippen LogP contribution is -2.47. The number of carbonyl (C=O) groups excluding carboxylic acids is 2. The normalized spacial score (nSPS) is 21.9. The van der Waals surface area contributed by atoms with E-state index in [-0.39, 0.29) is 55.0 Å². The van der Waals surface area contributed by atoms with E-state index in [2.05, 4.69) is 20.5 Å². The highest BCUT2D eigenvalue weighted by Crippen LogP contribution is 2.36. The Kier molecular flexibility index (Phi) is 11.0. The third-order valence-corrected chi connectivity index (χ3v) is 7.24. The number of aromatic nitrogens is 2. The lowest BCUT2D eigenvalue weighted by Gasteiger charge is -2.35. The fourth-order valence-corrected chi connectivity index (χ4v) is 5.41. The van der Waals surface area contributed by atoms with Crippen molar-refractivity contribution < 1.29 is 40.8 Å². The molecule has 0 saturated heterocycles. The Labute approximate surface area is 226 Å². The first kappa shape index (κ1) is 31.1. The summed E-state index contributed by atoms with van der Waals surface area (Å²) in [7, 11) is 0. The molecule has 2 N–H and O–H groups in total. The number of amides is 2. The highest BCUT2D eigenvalue weighted by Gasteiger charge is 2.38. The number of fused-ring (bicyclic) bond motifs is 1. The molecule has 4 atom stereocenters. The molecule has 0 radical (unpaired) electrons. The Morgan fingerprint density at radius 1 is 1.38 bits per heavy atom. The maximum absolute atomic E-state index is 13.3. The first-order valence-electron chi connectivity index (χ1n) is 12.7. The van der Waals surface area contributed by atoms with Gasteiger partial charge in [-0.05, 0) is 36.4 Å². The van der Waals surface area contributed by atoms with Gasteiger partial charge in [-0.25, -0.2) is 4.68 Å². The molecular formula is C25H33F5N4O4S. The number of rotatable bonds is 13. The van der Waals surface area contributed by atoms with Gasteiger partial charge in [-0.2, -0.15) is 27.1 Å². The number of ether oxygens (including phenoxy) is 1. The Bertz CT molecular complexity index is 1070. The number of alkyl halides is 5. The van der Waals surface area contributed by atoms with E-state index in [1.807, 2.05) is 19.1 Å². The van der Waals surface area contributed by atoms with Crippen LogP contribution in [0.3, 0.4) is 0 Å². The molecule has 0 bridgehead atoms. The van der Waals surface area contributed by atoms with Gasteiger partial charge in [0.05, 0.1) is 18.6 Å². The zero-order valence-corrected chi connectivity index (χ0v) is 22.5. The van der Waals surface area contributed by atoms with Gasteiger partial charge >= 0.3 is 12.8 Å². The van der Waals surface area contributed by atoms with Gasteiger partial charge < -0.3 is 19.9 Å². The fraction of sp³-hybridized carbons (Fsp3) is 0.640. The summed E-state index contributed by atoms with van der Waals surface area (Å²) in [6.07, 6.45) is 3.44. The second-order valence-electron chi connectivity index (χ2n) is 9.67. The third kappa shape index (κ3) is 9.04. The Hall–Kier alpha value is -2.45. The maximum atomic E-state index is 13.3. The SMILES string of the molecule is CCCC1C=C(CCC(F)(F)F)C=CC1C1Cc2nn(CCCOC(F)F)c(NC(=O)C[S+](C)[O-])c2C(=O)N1. The van der Waals surface area contributed by atoms with E-state index in [0.717, 1.165) is 12.8 Å². The lowest BCUT2D eigenvalue weighted by atomic mass is 9.76. The zero-order valence-electron chi connectivity index (χ0n) is 21.7. The van der Waals surface area contributed by atoms with Crippen molar-refractivity contribution in [2.45, 2.75) is 70.8 Å². The zero-order chi connectivity index (χ0) is 28.7. The molecule has 2 amide bonds. The molecule has 218 valence electrons. The van der Waals surface area contributed by atoms with Crippen molar-refractivity contribution in [1.82, 2.24) is 15.1 Å². The van der Waals surface area contributed by atoms with Gasteiger partial charge in [0.15, 0.2) is 5.75 Å². The summed E-state index contributed by atoms with van der Waals surface area (Å²) in [6.45, 7) is -1.13. The summed E-state index contributed by atoms with van der Waals surface area (Å²) in [5.74, 6) is -1.54. The molecule has 3 rings (SSSR count). The molecule has 1 aromatic heterocycles. The van der Waals surface area contributed by atoms with E-state index < -0.39 is 48.2 Å². The van der Waals surface area contributed by atoms with E-state index in [4.69, 9.17) is 0 Å². The van der Waals surface area contributed by atoms with Crippen molar-refractivity contribution in [3.63, 3.8) is 0 Å². The van der Waals surface area contributed by atoms with E-state index >= 15 is 0 Å². The third-order valence-electron chi connectivity index (χ3n) is 6.57.